The summed E-state index contributed by atoms with van der Waals surface area (Å²) < 4.78 is 6.07. The zero-order valence-corrected chi connectivity index (χ0v) is 18.0. The van der Waals surface area contributed by atoms with Gasteiger partial charge in [0, 0.05) is 19.4 Å². The van der Waals surface area contributed by atoms with E-state index in [1.165, 1.54) is 0 Å². The number of rotatable bonds is 10. The summed E-state index contributed by atoms with van der Waals surface area (Å²) in [5, 5.41) is 9.89. The Morgan fingerprint density at radius 2 is 1.84 bits per heavy atom. The van der Waals surface area contributed by atoms with E-state index in [0.717, 1.165) is 5.56 Å². The lowest BCUT2D eigenvalue weighted by Gasteiger charge is -2.36. The Hall–Kier alpha value is -0.683. The van der Waals surface area contributed by atoms with E-state index in [2.05, 4.69) is 33.9 Å². The highest BCUT2D eigenvalue weighted by Crippen LogP contribution is 2.36. The van der Waals surface area contributed by atoms with Crippen molar-refractivity contribution < 1.29 is 14.3 Å². The molecule has 3 nitrogen and oxygen atoms in total. The van der Waals surface area contributed by atoms with Gasteiger partial charge in [-0.05, 0) is 36.5 Å². The number of hydrogen-bond donors (Lipinski definition) is 1. The molecule has 0 aliphatic heterocycles. The summed E-state index contributed by atoms with van der Waals surface area (Å²) in [6, 6.07) is 9.78. The summed E-state index contributed by atoms with van der Waals surface area (Å²) >= 11 is 6.26. The molecule has 0 saturated carbocycles. The maximum atomic E-state index is 12.1. The molecule has 0 aliphatic carbocycles. The van der Waals surface area contributed by atoms with Crippen LogP contribution in [0, 0.1) is 0 Å². The van der Waals surface area contributed by atoms with Gasteiger partial charge >= 0.3 is 0 Å². The Kier molecular flexibility index (Phi) is 8.82. The van der Waals surface area contributed by atoms with Gasteiger partial charge in [-0.25, -0.2) is 0 Å². The molecule has 1 rings (SSSR count). The van der Waals surface area contributed by atoms with Gasteiger partial charge in [-0.15, -0.1) is 11.6 Å². The molecule has 25 heavy (non-hydrogen) atoms. The predicted octanol–water partition coefficient (Wildman–Crippen LogP) is 4.96. The van der Waals surface area contributed by atoms with Crippen molar-refractivity contribution >= 4 is 25.7 Å². The summed E-state index contributed by atoms with van der Waals surface area (Å²) in [5.41, 5.74) is 1.07. The number of Topliss-reactive ketones (excluding diaryl/α,β-unsaturated/α-hetero) is 1. The first kappa shape index (κ1) is 22.4. The van der Waals surface area contributed by atoms with E-state index in [1.807, 2.05) is 30.3 Å². The number of aliphatic hydroxyl groups is 1. The van der Waals surface area contributed by atoms with Gasteiger partial charge < -0.3 is 9.53 Å². The number of aliphatic hydroxyl groups excluding tert-OH is 1. The van der Waals surface area contributed by atoms with E-state index in [-0.39, 0.29) is 17.2 Å². The normalized spacial score (nSPS) is 15.0. The molecule has 0 bridgehead atoms. The Morgan fingerprint density at radius 1 is 1.24 bits per heavy atom. The second-order valence-corrected chi connectivity index (χ2v) is 13.6. The molecule has 1 aromatic rings. The van der Waals surface area contributed by atoms with Crippen molar-refractivity contribution in [2.75, 3.05) is 6.61 Å². The van der Waals surface area contributed by atoms with Gasteiger partial charge in [0.2, 0.25) is 0 Å². The van der Waals surface area contributed by atoms with Crippen LogP contribution in [0.5, 0.6) is 0 Å². The van der Waals surface area contributed by atoms with Gasteiger partial charge in [-0.1, -0.05) is 51.1 Å². The largest absolute Gasteiger partial charge is 0.417 e. The van der Waals surface area contributed by atoms with Crippen LogP contribution in [0.25, 0.3) is 0 Å². The Balaban J connectivity index is 2.29. The molecule has 5 heteroatoms. The second kappa shape index (κ2) is 9.86. The summed E-state index contributed by atoms with van der Waals surface area (Å²) in [5.74, 6) is 0.0463. The van der Waals surface area contributed by atoms with Gasteiger partial charge in [-0.2, -0.15) is 0 Å². The third-order valence-electron chi connectivity index (χ3n) is 5.00. The average molecular weight is 385 g/mol. The number of halogens is 1. The molecule has 0 aromatic heterocycles. The fourth-order valence-corrected chi connectivity index (χ4v) is 3.61. The molecule has 0 heterocycles. The van der Waals surface area contributed by atoms with E-state index < -0.39 is 19.8 Å². The fourth-order valence-electron chi connectivity index (χ4n) is 2.25. The van der Waals surface area contributed by atoms with Crippen molar-refractivity contribution in [3.8, 4) is 0 Å². The maximum absolute atomic E-state index is 12.1. The molecular weight excluding hydrogens is 352 g/mol. The van der Waals surface area contributed by atoms with E-state index in [1.54, 1.807) is 0 Å². The van der Waals surface area contributed by atoms with Crippen LogP contribution in [0.4, 0.5) is 0 Å². The van der Waals surface area contributed by atoms with E-state index in [0.29, 0.717) is 25.9 Å². The molecule has 1 N–H and O–H groups in total. The summed E-state index contributed by atoms with van der Waals surface area (Å²) in [6.45, 7) is 11.6. The smallest absolute Gasteiger partial charge is 0.191 e. The first-order valence-electron chi connectivity index (χ1n) is 9.04. The standard InChI is InChI=1S/C20H33ClO3Si/c1-20(2,3)25(4,5)24-13-9-12-17(22)15-19(23)18(21)14-16-10-7-6-8-11-16/h6-8,10-11,18-19,23H,9,12-15H2,1-5H3/t18-,19+/m0/s1. The van der Waals surface area contributed by atoms with Gasteiger partial charge in [0.15, 0.2) is 8.32 Å². The second-order valence-electron chi connectivity index (χ2n) is 8.23. The van der Waals surface area contributed by atoms with Gasteiger partial charge in [0.05, 0.1) is 11.5 Å². The number of benzene rings is 1. The minimum atomic E-state index is -1.75. The topological polar surface area (TPSA) is 46.5 Å². The monoisotopic (exact) mass is 384 g/mol. The Bertz CT molecular complexity index is 525. The quantitative estimate of drug-likeness (QED) is 0.352. The van der Waals surface area contributed by atoms with Crippen LogP contribution in [-0.4, -0.2) is 37.3 Å². The predicted molar refractivity (Wildman–Crippen MR) is 108 cm³/mol. The number of ketones is 1. The lowest BCUT2D eigenvalue weighted by atomic mass is 10.0. The van der Waals surface area contributed by atoms with Crippen molar-refractivity contribution in [3.63, 3.8) is 0 Å². The molecule has 0 radical (unpaired) electrons. The SMILES string of the molecule is CC(C)(C)[Si](C)(C)OCCCC(=O)C[C@@H](O)[C@@H](Cl)Cc1ccccc1. The molecule has 0 aliphatic rings. The molecule has 0 spiro atoms. The van der Waals surface area contributed by atoms with Gasteiger partial charge in [-0.3, -0.25) is 4.79 Å². The van der Waals surface area contributed by atoms with E-state index in [4.69, 9.17) is 16.0 Å². The van der Waals surface area contributed by atoms with Crippen LogP contribution >= 0.6 is 11.6 Å². The molecule has 2 atom stereocenters. The van der Waals surface area contributed by atoms with E-state index >= 15 is 0 Å². The third kappa shape index (κ3) is 8.03. The van der Waals surface area contributed by atoms with Crippen molar-refractivity contribution in [2.24, 2.45) is 0 Å². The lowest BCUT2D eigenvalue weighted by Crippen LogP contribution is -2.41. The number of carbonyl (C=O) groups is 1. The van der Waals surface area contributed by atoms with Crippen LogP contribution < -0.4 is 0 Å². The minimum absolute atomic E-state index is 0.0463. The zero-order valence-electron chi connectivity index (χ0n) is 16.2. The number of hydrogen-bond acceptors (Lipinski definition) is 3. The van der Waals surface area contributed by atoms with Crippen molar-refractivity contribution in [3.05, 3.63) is 35.9 Å². The summed E-state index contributed by atoms with van der Waals surface area (Å²) in [6.07, 6.45) is 0.993. The number of carbonyl (C=O) groups excluding carboxylic acids is 1. The van der Waals surface area contributed by atoms with Crippen LogP contribution in [0.1, 0.15) is 45.6 Å². The van der Waals surface area contributed by atoms with Crippen LogP contribution in [0.3, 0.4) is 0 Å². The first-order valence-corrected chi connectivity index (χ1v) is 12.4. The fraction of sp³-hybridized carbons (Fsp3) is 0.650. The minimum Gasteiger partial charge on any atom is -0.417 e. The molecule has 0 saturated heterocycles. The summed E-state index contributed by atoms with van der Waals surface area (Å²) in [7, 11) is -1.75. The molecular formula is C20H33ClO3Si. The highest BCUT2D eigenvalue weighted by atomic mass is 35.5. The Labute approximate surface area is 158 Å². The number of alkyl halides is 1. The highest BCUT2D eigenvalue weighted by molar-refractivity contribution is 6.74. The molecule has 0 unspecified atom stereocenters. The zero-order chi connectivity index (χ0) is 19.1. The average Bonchev–Trinajstić information content (AvgIpc) is 2.51. The van der Waals surface area contributed by atoms with Crippen LogP contribution in [0.2, 0.25) is 18.1 Å². The van der Waals surface area contributed by atoms with Gasteiger partial charge in [0.1, 0.15) is 5.78 Å². The third-order valence-corrected chi connectivity index (χ3v) is 9.98. The molecule has 0 amide bonds. The van der Waals surface area contributed by atoms with Crippen LogP contribution in [-0.2, 0) is 15.6 Å². The van der Waals surface area contributed by atoms with Crippen molar-refractivity contribution in [1.82, 2.24) is 0 Å². The molecule has 1 aromatic carbocycles. The van der Waals surface area contributed by atoms with Crippen molar-refractivity contribution in [1.29, 1.82) is 0 Å². The van der Waals surface area contributed by atoms with Crippen LogP contribution in [0.15, 0.2) is 30.3 Å². The van der Waals surface area contributed by atoms with Gasteiger partial charge in [0.25, 0.3) is 0 Å². The van der Waals surface area contributed by atoms with E-state index in [9.17, 15) is 9.90 Å². The lowest BCUT2D eigenvalue weighted by molar-refractivity contribution is -0.121. The first-order chi connectivity index (χ1) is 11.5. The highest BCUT2D eigenvalue weighted by Gasteiger charge is 2.36. The summed E-state index contributed by atoms with van der Waals surface area (Å²) in [4.78, 5) is 12.1. The molecule has 0 fully saturated rings. The van der Waals surface area contributed by atoms with Crippen molar-refractivity contribution in [2.45, 2.75) is 76.1 Å². The maximum Gasteiger partial charge on any atom is 0.191 e. The Morgan fingerprint density at radius 3 is 2.40 bits per heavy atom. The molecule has 142 valence electrons.